The molecule has 5 nitrogen and oxygen atoms in total. The molecule has 0 spiro atoms. The van der Waals surface area contributed by atoms with Crippen LogP contribution in [0, 0.1) is 5.41 Å². The Labute approximate surface area is 126 Å². The normalized spacial score (nSPS) is 20.1. The number of hydrogen-bond donors (Lipinski definition) is 3. The van der Waals surface area contributed by atoms with Gasteiger partial charge in [0.25, 0.3) is 0 Å². The van der Waals surface area contributed by atoms with Gasteiger partial charge in [0.05, 0.1) is 0 Å². The van der Waals surface area contributed by atoms with E-state index in [1.807, 2.05) is 18.2 Å². The molecule has 0 bridgehead atoms. The van der Waals surface area contributed by atoms with Gasteiger partial charge in [0.2, 0.25) is 0 Å². The van der Waals surface area contributed by atoms with Gasteiger partial charge in [-0.05, 0) is 23.8 Å². The number of nitrogens with two attached hydrogens (primary N) is 1. The van der Waals surface area contributed by atoms with Gasteiger partial charge in [-0.1, -0.05) is 42.4 Å². The summed E-state index contributed by atoms with van der Waals surface area (Å²) in [6.07, 6.45) is 2.61. The molecule has 0 amide bonds. The summed E-state index contributed by atoms with van der Waals surface area (Å²) < 4.78 is 5.44. The van der Waals surface area contributed by atoms with Gasteiger partial charge < -0.3 is 21.0 Å². The van der Waals surface area contributed by atoms with E-state index in [1.54, 1.807) is 0 Å². The fourth-order valence-electron chi connectivity index (χ4n) is 2.65. The maximum atomic E-state index is 8.82. The lowest BCUT2D eigenvalue weighted by Crippen LogP contribution is -2.39. The maximum absolute atomic E-state index is 8.82. The van der Waals surface area contributed by atoms with Crippen LogP contribution < -0.4 is 11.1 Å². The van der Waals surface area contributed by atoms with Crippen LogP contribution in [0.1, 0.15) is 37.8 Å². The average molecular weight is 291 g/mol. The Hall–Kier alpha value is -1.59. The lowest BCUT2D eigenvalue weighted by Gasteiger charge is -2.35. The van der Waals surface area contributed by atoms with Crippen molar-refractivity contribution in [1.29, 1.82) is 0 Å². The first-order valence-electron chi connectivity index (χ1n) is 7.45. The average Bonchev–Trinajstić information content (AvgIpc) is 2.52. The van der Waals surface area contributed by atoms with E-state index in [1.165, 1.54) is 0 Å². The number of nitrogens with one attached hydrogen (secondary N) is 1. The van der Waals surface area contributed by atoms with E-state index in [-0.39, 0.29) is 17.3 Å². The predicted octanol–water partition coefficient (Wildman–Crippen LogP) is 2.27. The van der Waals surface area contributed by atoms with E-state index in [9.17, 15) is 0 Å². The zero-order valence-electron chi connectivity index (χ0n) is 12.6. The number of benzene rings is 1. The SMILES string of the molecule is CC1(CNC(C/C(N)=N/O)c2ccccc2)CCOCC1. The molecule has 0 aliphatic carbocycles. The van der Waals surface area contributed by atoms with E-state index in [4.69, 9.17) is 15.7 Å². The standard InChI is InChI=1S/C16H25N3O2/c1-16(7-9-21-10-8-16)12-18-14(11-15(17)19-20)13-5-3-2-4-6-13/h2-6,14,18,20H,7-12H2,1H3,(H2,17,19). The lowest BCUT2D eigenvalue weighted by atomic mass is 9.82. The van der Waals surface area contributed by atoms with E-state index in [0.717, 1.165) is 38.2 Å². The molecule has 1 aliphatic heterocycles. The summed E-state index contributed by atoms with van der Waals surface area (Å²) in [6, 6.07) is 10.2. The van der Waals surface area contributed by atoms with Crippen LogP contribution in [0.2, 0.25) is 0 Å². The van der Waals surface area contributed by atoms with Crippen LogP contribution in [-0.2, 0) is 4.74 Å². The highest BCUT2D eigenvalue weighted by Gasteiger charge is 2.28. The van der Waals surface area contributed by atoms with Crippen molar-refractivity contribution in [2.24, 2.45) is 16.3 Å². The minimum atomic E-state index is 0.0572. The second-order valence-corrected chi connectivity index (χ2v) is 6.06. The van der Waals surface area contributed by atoms with Crippen molar-refractivity contribution in [1.82, 2.24) is 5.32 Å². The number of amidine groups is 1. The van der Waals surface area contributed by atoms with Gasteiger partial charge >= 0.3 is 0 Å². The molecule has 2 rings (SSSR count). The van der Waals surface area contributed by atoms with Crippen molar-refractivity contribution >= 4 is 5.84 Å². The van der Waals surface area contributed by atoms with Crippen molar-refractivity contribution in [3.63, 3.8) is 0 Å². The van der Waals surface area contributed by atoms with E-state index < -0.39 is 0 Å². The zero-order chi connectivity index (χ0) is 15.1. The molecule has 1 aromatic rings. The molecule has 21 heavy (non-hydrogen) atoms. The first kappa shape index (κ1) is 15.8. The van der Waals surface area contributed by atoms with E-state index in [0.29, 0.717) is 6.42 Å². The number of rotatable bonds is 6. The van der Waals surface area contributed by atoms with E-state index in [2.05, 4.69) is 29.5 Å². The Bertz CT molecular complexity index is 456. The highest BCUT2D eigenvalue weighted by molar-refractivity contribution is 5.80. The zero-order valence-corrected chi connectivity index (χ0v) is 12.6. The van der Waals surface area contributed by atoms with Crippen molar-refractivity contribution in [3.05, 3.63) is 35.9 Å². The molecule has 116 valence electrons. The molecule has 0 aromatic heterocycles. The third-order valence-corrected chi connectivity index (χ3v) is 4.22. The minimum Gasteiger partial charge on any atom is -0.409 e. The molecule has 1 unspecified atom stereocenters. The van der Waals surface area contributed by atoms with Crippen molar-refractivity contribution in [2.75, 3.05) is 19.8 Å². The molecule has 1 aliphatic rings. The molecule has 1 saturated heterocycles. The highest BCUT2D eigenvalue weighted by Crippen LogP contribution is 2.30. The molecular formula is C16H25N3O2. The van der Waals surface area contributed by atoms with Crippen LogP contribution in [0.3, 0.4) is 0 Å². The second-order valence-electron chi connectivity index (χ2n) is 6.06. The third kappa shape index (κ3) is 4.72. The number of hydrogen-bond acceptors (Lipinski definition) is 4. The van der Waals surface area contributed by atoms with Crippen LogP contribution in [0.15, 0.2) is 35.5 Å². The maximum Gasteiger partial charge on any atom is 0.141 e. The van der Waals surface area contributed by atoms with E-state index >= 15 is 0 Å². The van der Waals surface area contributed by atoms with Crippen molar-refractivity contribution < 1.29 is 9.94 Å². The van der Waals surface area contributed by atoms with Crippen molar-refractivity contribution in [2.45, 2.75) is 32.2 Å². The van der Waals surface area contributed by atoms with Crippen LogP contribution in [0.25, 0.3) is 0 Å². The van der Waals surface area contributed by atoms with Crippen LogP contribution in [0.5, 0.6) is 0 Å². The Morgan fingerprint density at radius 2 is 2.05 bits per heavy atom. The Morgan fingerprint density at radius 3 is 2.67 bits per heavy atom. The Balaban J connectivity index is 2.02. The highest BCUT2D eigenvalue weighted by atomic mass is 16.5. The van der Waals surface area contributed by atoms with Gasteiger partial charge in [0.15, 0.2) is 0 Å². The summed E-state index contributed by atoms with van der Waals surface area (Å²) in [5, 5.41) is 15.5. The topological polar surface area (TPSA) is 79.9 Å². The van der Waals surface area contributed by atoms with Gasteiger partial charge in [-0.3, -0.25) is 0 Å². The fourth-order valence-corrected chi connectivity index (χ4v) is 2.65. The Kier molecular flexibility index (Phi) is 5.59. The lowest BCUT2D eigenvalue weighted by molar-refractivity contribution is 0.0229. The van der Waals surface area contributed by atoms with Gasteiger partial charge in [-0.15, -0.1) is 0 Å². The molecule has 1 heterocycles. The second kappa shape index (κ2) is 7.43. The molecule has 4 N–H and O–H groups in total. The minimum absolute atomic E-state index is 0.0572. The smallest absolute Gasteiger partial charge is 0.141 e. The summed E-state index contributed by atoms with van der Waals surface area (Å²) in [6.45, 7) is 4.84. The summed E-state index contributed by atoms with van der Waals surface area (Å²) in [4.78, 5) is 0. The summed E-state index contributed by atoms with van der Waals surface area (Å²) in [5.41, 5.74) is 7.09. The molecule has 0 radical (unpaired) electrons. The van der Waals surface area contributed by atoms with Gasteiger partial charge in [0, 0.05) is 32.2 Å². The number of nitrogens with zero attached hydrogens (tertiary/aromatic N) is 1. The third-order valence-electron chi connectivity index (χ3n) is 4.22. The first-order chi connectivity index (χ1) is 10.1. The molecule has 1 aromatic carbocycles. The summed E-state index contributed by atoms with van der Waals surface area (Å²) >= 11 is 0. The van der Waals surface area contributed by atoms with Gasteiger partial charge in [0.1, 0.15) is 5.84 Å². The largest absolute Gasteiger partial charge is 0.409 e. The molecule has 1 atom stereocenters. The molecule has 1 fully saturated rings. The van der Waals surface area contributed by atoms with Crippen molar-refractivity contribution in [3.8, 4) is 0 Å². The molecule has 5 heteroatoms. The van der Waals surface area contributed by atoms with Gasteiger partial charge in [-0.2, -0.15) is 0 Å². The molecule has 0 saturated carbocycles. The number of oxime groups is 1. The van der Waals surface area contributed by atoms with Crippen LogP contribution in [-0.4, -0.2) is 30.8 Å². The molecular weight excluding hydrogens is 266 g/mol. The quantitative estimate of drug-likeness (QED) is 0.325. The number of ether oxygens (including phenoxy) is 1. The first-order valence-corrected chi connectivity index (χ1v) is 7.45. The predicted molar refractivity (Wildman–Crippen MR) is 83.4 cm³/mol. The summed E-state index contributed by atoms with van der Waals surface area (Å²) in [5.74, 6) is 0.244. The van der Waals surface area contributed by atoms with Gasteiger partial charge in [-0.25, -0.2) is 0 Å². The fraction of sp³-hybridized carbons (Fsp3) is 0.562. The van der Waals surface area contributed by atoms with Crippen LogP contribution >= 0.6 is 0 Å². The monoisotopic (exact) mass is 291 g/mol. The Morgan fingerprint density at radius 1 is 1.38 bits per heavy atom. The summed E-state index contributed by atoms with van der Waals surface area (Å²) in [7, 11) is 0. The van der Waals surface area contributed by atoms with Crippen LogP contribution in [0.4, 0.5) is 0 Å².